The lowest BCUT2D eigenvalue weighted by molar-refractivity contribution is -0.142. The number of piperidine rings is 1. The molecular formula is C15H21FN2O5S. The van der Waals surface area contributed by atoms with Gasteiger partial charge in [0, 0.05) is 26.2 Å². The van der Waals surface area contributed by atoms with Crippen LogP contribution < -0.4 is 0 Å². The summed E-state index contributed by atoms with van der Waals surface area (Å²) in [6.07, 6.45) is 0.524. The van der Waals surface area contributed by atoms with Crippen molar-refractivity contribution in [3.05, 3.63) is 35.6 Å². The van der Waals surface area contributed by atoms with E-state index in [1.807, 2.05) is 0 Å². The van der Waals surface area contributed by atoms with Gasteiger partial charge in [0.2, 0.25) is 0 Å². The number of aliphatic carboxylic acids is 1. The molecule has 1 heterocycles. The van der Waals surface area contributed by atoms with Gasteiger partial charge in [-0.15, -0.1) is 0 Å². The zero-order valence-corrected chi connectivity index (χ0v) is 14.0. The van der Waals surface area contributed by atoms with Crippen molar-refractivity contribution < 1.29 is 27.8 Å². The van der Waals surface area contributed by atoms with Crippen molar-refractivity contribution in [3.63, 3.8) is 0 Å². The fourth-order valence-electron chi connectivity index (χ4n) is 2.68. The van der Waals surface area contributed by atoms with E-state index in [0.717, 1.165) is 4.31 Å². The van der Waals surface area contributed by atoms with Gasteiger partial charge in [-0.05, 0) is 30.5 Å². The molecule has 0 atom stereocenters. The average molecular weight is 360 g/mol. The number of rotatable bonds is 7. The highest BCUT2D eigenvalue weighted by Crippen LogP contribution is 2.22. The second kappa shape index (κ2) is 8.02. The van der Waals surface area contributed by atoms with Crippen molar-refractivity contribution >= 4 is 16.2 Å². The van der Waals surface area contributed by atoms with Gasteiger partial charge in [0.05, 0.1) is 12.5 Å². The lowest BCUT2D eigenvalue weighted by atomic mass is 9.99. The van der Waals surface area contributed by atoms with Crippen LogP contribution in [-0.2, 0) is 21.5 Å². The predicted octanol–water partition coefficient (Wildman–Crippen LogP) is 0.661. The summed E-state index contributed by atoms with van der Waals surface area (Å²) in [6, 6.07) is 5.48. The van der Waals surface area contributed by atoms with Crippen molar-refractivity contribution in [2.24, 2.45) is 5.92 Å². The molecule has 0 amide bonds. The Labute approximate surface area is 140 Å². The second-order valence-electron chi connectivity index (χ2n) is 5.70. The lowest BCUT2D eigenvalue weighted by Gasteiger charge is -2.33. The third kappa shape index (κ3) is 4.50. The number of hydrogen-bond acceptors (Lipinski definition) is 4. The van der Waals surface area contributed by atoms with E-state index in [1.165, 1.54) is 28.6 Å². The van der Waals surface area contributed by atoms with Crippen molar-refractivity contribution in [2.75, 3.05) is 26.2 Å². The molecule has 0 saturated carbocycles. The molecule has 0 spiro atoms. The molecule has 7 nitrogen and oxygen atoms in total. The van der Waals surface area contributed by atoms with E-state index in [4.69, 9.17) is 5.11 Å². The van der Waals surface area contributed by atoms with Crippen LogP contribution in [-0.4, -0.2) is 59.5 Å². The zero-order valence-electron chi connectivity index (χ0n) is 13.1. The second-order valence-corrected chi connectivity index (χ2v) is 7.63. The molecule has 1 aliphatic heterocycles. The molecule has 0 aliphatic carbocycles. The Kier molecular flexibility index (Phi) is 6.27. The number of benzene rings is 1. The SMILES string of the molecule is O=C(O)C1CCN(S(=O)(=O)N(CCO)Cc2ccc(F)cc2)CC1. The summed E-state index contributed by atoms with van der Waals surface area (Å²) in [6.45, 7) is -0.151. The van der Waals surface area contributed by atoms with Gasteiger partial charge in [-0.3, -0.25) is 4.79 Å². The highest BCUT2D eigenvalue weighted by Gasteiger charge is 2.34. The first kappa shape index (κ1) is 18.8. The van der Waals surface area contributed by atoms with Crippen LogP contribution >= 0.6 is 0 Å². The molecule has 0 aromatic heterocycles. The molecule has 134 valence electrons. The van der Waals surface area contributed by atoms with Crippen molar-refractivity contribution in [1.82, 2.24) is 8.61 Å². The van der Waals surface area contributed by atoms with E-state index >= 15 is 0 Å². The fraction of sp³-hybridized carbons (Fsp3) is 0.533. The van der Waals surface area contributed by atoms with Crippen LogP contribution in [0.1, 0.15) is 18.4 Å². The Morgan fingerprint density at radius 2 is 1.83 bits per heavy atom. The highest BCUT2D eigenvalue weighted by atomic mass is 32.2. The van der Waals surface area contributed by atoms with Gasteiger partial charge < -0.3 is 10.2 Å². The van der Waals surface area contributed by atoms with Gasteiger partial charge in [0.15, 0.2) is 0 Å². The topological polar surface area (TPSA) is 98.2 Å². The zero-order chi connectivity index (χ0) is 17.7. The Balaban J connectivity index is 2.10. The van der Waals surface area contributed by atoms with Crippen LogP contribution in [0.3, 0.4) is 0 Å². The van der Waals surface area contributed by atoms with Crippen LogP contribution in [0.15, 0.2) is 24.3 Å². The highest BCUT2D eigenvalue weighted by molar-refractivity contribution is 7.86. The van der Waals surface area contributed by atoms with Gasteiger partial charge in [-0.2, -0.15) is 17.0 Å². The van der Waals surface area contributed by atoms with Crippen LogP contribution in [0.25, 0.3) is 0 Å². The number of halogens is 1. The summed E-state index contributed by atoms with van der Waals surface area (Å²) in [4.78, 5) is 11.0. The summed E-state index contributed by atoms with van der Waals surface area (Å²) in [5, 5.41) is 18.2. The minimum atomic E-state index is -3.82. The molecule has 24 heavy (non-hydrogen) atoms. The van der Waals surface area contributed by atoms with E-state index in [1.54, 1.807) is 0 Å². The lowest BCUT2D eigenvalue weighted by Crippen LogP contribution is -2.48. The standard InChI is InChI=1S/C15H21FN2O5S/c16-14-3-1-12(2-4-14)11-18(9-10-19)24(22,23)17-7-5-13(6-8-17)15(20)21/h1-4,13,19H,5-11H2,(H,20,21). The number of carbonyl (C=O) groups is 1. The van der Waals surface area contributed by atoms with Gasteiger partial charge in [0.1, 0.15) is 5.82 Å². The molecule has 0 radical (unpaired) electrons. The van der Waals surface area contributed by atoms with Gasteiger partial charge in [-0.1, -0.05) is 12.1 Å². The first-order chi connectivity index (χ1) is 11.3. The van der Waals surface area contributed by atoms with E-state index in [2.05, 4.69) is 0 Å². The number of aliphatic hydroxyl groups excluding tert-OH is 1. The van der Waals surface area contributed by atoms with Crippen LogP contribution in [0.4, 0.5) is 4.39 Å². The summed E-state index contributed by atoms with van der Waals surface area (Å²) >= 11 is 0. The van der Waals surface area contributed by atoms with E-state index in [9.17, 15) is 22.7 Å². The molecule has 0 bridgehead atoms. The minimum Gasteiger partial charge on any atom is -0.481 e. The molecule has 2 rings (SSSR count). The van der Waals surface area contributed by atoms with Crippen LogP contribution in [0.2, 0.25) is 0 Å². The van der Waals surface area contributed by atoms with Gasteiger partial charge >= 0.3 is 5.97 Å². The normalized spacial score (nSPS) is 17.3. The molecular weight excluding hydrogens is 339 g/mol. The summed E-state index contributed by atoms with van der Waals surface area (Å²) < 4.78 is 40.8. The quantitative estimate of drug-likeness (QED) is 0.744. The van der Waals surface area contributed by atoms with E-state index in [0.29, 0.717) is 5.56 Å². The largest absolute Gasteiger partial charge is 0.481 e. The Bertz CT molecular complexity index is 657. The molecule has 1 fully saturated rings. The number of carboxylic acid groups (broad SMARTS) is 1. The van der Waals surface area contributed by atoms with E-state index in [-0.39, 0.29) is 45.6 Å². The van der Waals surface area contributed by atoms with Crippen LogP contribution in [0.5, 0.6) is 0 Å². The summed E-state index contributed by atoms with van der Waals surface area (Å²) in [5.74, 6) is -1.85. The Hall–Kier alpha value is -1.55. The number of aliphatic hydroxyl groups is 1. The number of carboxylic acids is 1. The summed E-state index contributed by atoms with van der Waals surface area (Å²) in [7, 11) is -3.82. The number of hydrogen-bond donors (Lipinski definition) is 2. The maximum Gasteiger partial charge on any atom is 0.306 e. The molecule has 2 N–H and O–H groups in total. The maximum atomic E-state index is 13.0. The van der Waals surface area contributed by atoms with Crippen molar-refractivity contribution in [1.29, 1.82) is 0 Å². The summed E-state index contributed by atoms with van der Waals surface area (Å²) in [5.41, 5.74) is 0.605. The minimum absolute atomic E-state index is 0.0159. The van der Waals surface area contributed by atoms with E-state index < -0.39 is 27.9 Å². The maximum absolute atomic E-state index is 13.0. The van der Waals surface area contributed by atoms with Crippen LogP contribution in [0, 0.1) is 11.7 Å². The van der Waals surface area contributed by atoms with Gasteiger partial charge in [0.25, 0.3) is 10.2 Å². The van der Waals surface area contributed by atoms with Gasteiger partial charge in [-0.25, -0.2) is 4.39 Å². The fourth-order valence-corrected chi connectivity index (χ4v) is 4.30. The molecule has 1 saturated heterocycles. The average Bonchev–Trinajstić information content (AvgIpc) is 2.56. The van der Waals surface area contributed by atoms with Crippen molar-refractivity contribution in [3.8, 4) is 0 Å². The first-order valence-electron chi connectivity index (χ1n) is 7.68. The number of nitrogens with zero attached hydrogens (tertiary/aromatic N) is 2. The van der Waals surface area contributed by atoms with Crippen molar-refractivity contribution in [2.45, 2.75) is 19.4 Å². The Morgan fingerprint density at radius 1 is 1.25 bits per heavy atom. The third-order valence-electron chi connectivity index (χ3n) is 4.08. The smallest absolute Gasteiger partial charge is 0.306 e. The predicted molar refractivity (Wildman–Crippen MR) is 84.7 cm³/mol. The molecule has 9 heteroatoms. The molecule has 0 unspecified atom stereocenters. The molecule has 1 aromatic rings. The Morgan fingerprint density at radius 3 is 2.33 bits per heavy atom. The molecule has 1 aliphatic rings. The molecule has 1 aromatic carbocycles. The third-order valence-corrected chi connectivity index (χ3v) is 6.06. The first-order valence-corrected chi connectivity index (χ1v) is 9.07. The monoisotopic (exact) mass is 360 g/mol.